The maximum absolute atomic E-state index is 13.4. The molecule has 4 aromatic rings. The first-order valence-corrected chi connectivity index (χ1v) is 9.22. The van der Waals surface area contributed by atoms with Crippen molar-refractivity contribution in [3.05, 3.63) is 81.0 Å². The van der Waals surface area contributed by atoms with Crippen molar-refractivity contribution in [2.45, 2.75) is 26.2 Å². The van der Waals surface area contributed by atoms with E-state index in [-0.39, 0.29) is 16.4 Å². The normalized spacial score (nSPS) is 11.3. The lowest BCUT2D eigenvalue weighted by atomic mass is 10.1. The summed E-state index contributed by atoms with van der Waals surface area (Å²) in [5, 5.41) is 0.674. The van der Waals surface area contributed by atoms with Gasteiger partial charge in [0.25, 0.3) is 5.56 Å². The molecule has 5 heteroatoms. The summed E-state index contributed by atoms with van der Waals surface area (Å²) < 4.78 is 3.44. The summed E-state index contributed by atoms with van der Waals surface area (Å²) in [7, 11) is 1.85. The maximum atomic E-state index is 13.4. The second-order valence-electron chi connectivity index (χ2n) is 6.71. The molecule has 0 unspecified atom stereocenters. The fourth-order valence-electron chi connectivity index (χ4n) is 3.55. The predicted molar refractivity (Wildman–Crippen MR) is 109 cm³/mol. The van der Waals surface area contributed by atoms with Crippen molar-refractivity contribution in [2.75, 3.05) is 0 Å². The highest BCUT2D eigenvalue weighted by molar-refractivity contribution is 5.91. The lowest BCUT2D eigenvalue weighted by Gasteiger charge is -2.16. The van der Waals surface area contributed by atoms with Crippen LogP contribution in [0.2, 0.25) is 0 Å². The molecular formula is C22H21N3O2. The van der Waals surface area contributed by atoms with Crippen molar-refractivity contribution >= 4 is 21.9 Å². The van der Waals surface area contributed by atoms with Gasteiger partial charge in [0.15, 0.2) is 5.65 Å². The van der Waals surface area contributed by atoms with Gasteiger partial charge >= 0.3 is 0 Å². The first-order valence-electron chi connectivity index (χ1n) is 9.22. The predicted octanol–water partition coefficient (Wildman–Crippen LogP) is 3.58. The molecule has 2 aromatic carbocycles. The number of hydrogen-bond acceptors (Lipinski definition) is 3. The molecule has 5 nitrogen and oxygen atoms in total. The molecule has 0 radical (unpaired) electrons. The Kier molecular flexibility index (Phi) is 4.36. The summed E-state index contributed by atoms with van der Waals surface area (Å²) in [4.78, 5) is 31.3. The average Bonchev–Trinajstić information content (AvgIpc) is 2.70. The van der Waals surface area contributed by atoms with Gasteiger partial charge in [0.05, 0.1) is 11.2 Å². The van der Waals surface area contributed by atoms with Crippen LogP contribution in [0.5, 0.6) is 0 Å². The quantitative estimate of drug-likeness (QED) is 0.523. The van der Waals surface area contributed by atoms with E-state index in [2.05, 4.69) is 6.92 Å². The zero-order chi connectivity index (χ0) is 19.0. The lowest BCUT2D eigenvalue weighted by Crippen LogP contribution is -2.29. The highest BCUT2D eigenvalue weighted by Crippen LogP contribution is 2.17. The van der Waals surface area contributed by atoms with Crippen molar-refractivity contribution in [3.8, 4) is 5.69 Å². The van der Waals surface area contributed by atoms with Crippen LogP contribution in [0.3, 0.4) is 0 Å². The Bertz CT molecular complexity index is 1250. The van der Waals surface area contributed by atoms with Gasteiger partial charge in [-0.25, -0.2) is 4.98 Å². The van der Waals surface area contributed by atoms with E-state index in [4.69, 9.17) is 4.98 Å². The smallest absolute Gasteiger partial charge is 0.271 e. The second kappa shape index (κ2) is 6.83. The van der Waals surface area contributed by atoms with Crippen molar-refractivity contribution in [2.24, 2.45) is 7.05 Å². The van der Waals surface area contributed by atoms with Gasteiger partial charge in [-0.2, -0.15) is 0 Å². The fourth-order valence-corrected chi connectivity index (χ4v) is 3.55. The molecule has 0 amide bonds. The Hall–Kier alpha value is -3.21. The number of unbranched alkanes of at least 4 members (excludes halogenated alkanes) is 1. The number of nitrogens with zero attached hydrogens (tertiary/aromatic N) is 3. The summed E-state index contributed by atoms with van der Waals surface area (Å²) in [6.07, 6.45) is 2.60. The second-order valence-corrected chi connectivity index (χ2v) is 6.71. The molecule has 0 aliphatic carbocycles. The highest BCUT2D eigenvalue weighted by atomic mass is 16.1. The molecule has 0 fully saturated rings. The molecule has 0 saturated heterocycles. The van der Waals surface area contributed by atoms with Gasteiger partial charge in [0.1, 0.15) is 11.2 Å². The van der Waals surface area contributed by atoms with E-state index in [1.54, 1.807) is 10.6 Å². The van der Waals surface area contributed by atoms with Crippen LogP contribution in [0.4, 0.5) is 0 Å². The molecule has 4 rings (SSSR count). The molecule has 2 aromatic heterocycles. The summed E-state index contributed by atoms with van der Waals surface area (Å²) >= 11 is 0. The SMILES string of the molecule is CCCCc1nc2c(c(=O)c3ccccc3n2C)c(=O)n1-c1ccccc1. The molecule has 0 aliphatic heterocycles. The molecule has 27 heavy (non-hydrogen) atoms. The topological polar surface area (TPSA) is 56.9 Å². The lowest BCUT2D eigenvalue weighted by molar-refractivity contribution is 0.716. The first kappa shape index (κ1) is 17.2. The van der Waals surface area contributed by atoms with E-state index in [1.165, 1.54) is 0 Å². The maximum Gasteiger partial charge on any atom is 0.271 e. The zero-order valence-corrected chi connectivity index (χ0v) is 15.5. The van der Waals surface area contributed by atoms with Gasteiger partial charge in [-0.05, 0) is 30.7 Å². The van der Waals surface area contributed by atoms with Gasteiger partial charge in [-0.3, -0.25) is 14.2 Å². The van der Waals surface area contributed by atoms with E-state index in [0.29, 0.717) is 23.3 Å². The minimum Gasteiger partial charge on any atom is -0.328 e. The van der Waals surface area contributed by atoms with Crippen LogP contribution in [0.15, 0.2) is 64.2 Å². The van der Waals surface area contributed by atoms with Gasteiger partial charge in [0.2, 0.25) is 5.43 Å². The monoisotopic (exact) mass is 359 g/mol. The van der Waals surface area contributed by atoms with Crippen LogP contribution < -0.4 is 11.0 Å². The number of para-hydroxylation sites is 2. The molecule has 0 saturated carbocycles. The van der Waals surface area contributed by atoms with Crippen molar-refractivity contribution in [1.82, 2.24) is 14.1 Å². The number of rotatable bonds is 4. The third-order valence-electron chi connectivity index (χ3n) is 4.96. The highest BCUT2D eigenvalue weighted by Gasteiger charge is 2.18. The molecule has 0 N–H and O–H groups in total. The summed E-state index contributed by atoms with van der Waals surface area (Å²) in [5.41, 5.74) is 1.40. The van der Waals surface area contributed by atoms with Crippen molar-refractivity contribution < 1.29 is 0 Å². The number of aryl methyl sites for hydroxylation is 2. The van der Waals surface area contributed by atoms with Crippen LogP contribution in [0.25, 0.3) is 27.6 Å². The summed E-state index contributed by atoms with van der Waals surface area (Å²) in [6, 6.07) is 16.8. The molecule has 0 atom stereocenters. The molecule has 0 spiro atoms. The Morgan fingerprint density at radius 3 is 2.41 bits per heavy atom. The van der Waals surface area contributed by atoms with E-state index in [0.717, 1.165) is 24.0 Å². The Balaban J connectivity index is 2.18. The minimum absolute atomic E-state index is 0.139. The van der Waals surface area contributed by atoms with Crippen LogP contribution in [-0.4, -0.2) is 14.1 Å². The molecule has 0 aliphatic rings. The van der Waals surface area contributed by atoms with E-state index < -0.39 is 0 Å². The van der Waals surface area contributed by atoms with Crippen LogP contribution in [-0.2, 0) is 13.5 Å². The Labute approximate surface area is 156 Å². The zero-order valence-electron chi connectivity index (χ0n) is 15.5. The minimum atomic E-state index is -0.302. The van der Waals surface area contributed by atoms with Crippen molar-refractivity contribution in [3.63, 3.8) is 0 Å². The number of benzene rings is 2. The third-order valence-corrected chi connectivity index (χ3v) is 4.96. The van der Waals surface area contributed by atoms with E-state index >= 15 is 0 Å². The first-order chi connectivity index (χ1) is 13.1. The van der Waals surface area contributed by atoms with Gasteiger partial charge in [-0.15, -0.1) is 0 Å². The summed E-state index contributed by atoms with van der Waals surface area (Å²) in [5.74, 6) is 0.686. The molecule has 2 heterocycles. The van der Waals surface area contributed by atoms with Crippen LogP contribution >= 0.6 is 0 Å². The number of pyridine rings is 1. The van der Waals surface area contributed by atoms with Gasteiger partial charge in [0, 0.05) is 18.9 Å². The van der Waals surface area contributed by atoms with Gasteiger partial charge < -0.3 is 4.57 Å². The largest absolute Gasteiger partial charge is 0.328 e. The standard InChI is InChI=1S/C22H21N3O2/c1-3-4-14-18-23-21-19(22(27)25(18)15-10-6-5-7-11-15)20(26)16-12-8-9-13-17(16)24(21)2/h5-13H,3-4,14H2,1-2H3. The van der Waals surface area contributed by atoms with Crippen LogP contribution in [0.1, 0.15) is 25.6 Å². The van der Waals surface area contributed by atoms with Crippen molar-refractivity contribution in [1.29, 1.82) is 0 Å². The molecular weight excluding hydrogens is 338 g/mol. The molecule has 136 valence electrons. The van der Waals surface area contributed by atoms with Gasteiger partial charge in [-0.1, -0.05) is 43.7 Å². The number of hydrogen-bond donors (Lipinski definition) is 0. The molecule has 0 bridgehead atoms. The van der Waals surface area contributed by atoms with E-state index in [9.17, 15) is 9.59 Å². The fraction of sp³-hybridized carbons (Fsp3) is 0.227. The third kappa shape index (κ3) is 2.76. The summed E-state index contributed by atoms with van der Waals surface area (Å²) in [6.45, 7) is 2.11. The van der Waals surface area contributed by atoms with Crippen LogP contribution in [0, 0.1) is 0 Å². The average molecular weight is 359 g/mol. The Morgan fingerprint density at radius 1 is 0.963 bits per heavy atom. The Morgan fingerprint density at radius 2 is 1.67 bits per heavy atom. The number of fused-ring (bicyclic) bond motifs is 2. The van der Waals surface area contributed by atoms with E-state index in [1.807, 2.05) is 60.1 Å². The number of aromatic nitrogens is 3.